The number of benzene rings is 2. The predicted molar refractivity (Wildman–Crippen MR) is 118 cm³/mol. The van der Waals surface area contributed by atoms with Crippen molar-refractivity contribution in [3.05, 3.63) is 99.6 Å². The van der Waals surface area contributed by atoms with Gasteiger partial charge in [-0.1, -0.05) is 12.1 Å². The molecule has 8 nitrogen and oxygen atoms in total. The highest BCUT2D eigenvalue weighted by Crippen LogP contribution is 2.21. The fourth-order valence-corrected chi connectivity index (χ4v) is 3.48. The van der Waals surface area contributed by atoms with E-state index in [-0.39, 0.29) is 22.9 Å². The SMILES string of the molecule is O=C1NC(=S)N(Cc2ccc(F)cc2)C(=O)/C1=C/c1cccn1-c1ccc([N+](=O)[O-])cc1. The van der Waals surface area contributed by atoms with Crippen LogP contribution >= 0.6 is 12.2 Å². The number of carbonyl (C=O) groups excluding carboxylic acids is 2. The van der Waals surface area contributed by atoms with Crippen molar-refractivity contribution < 1.29 is 18.9 Å². The van der Waals surface area contributed by atoms with E-state index in [2.05, 4.69) is 5.32 Å². The Hall–Kier alpha value is -4.18. The standard InChI is InChI=1S/C22H15FN4O4S/c23-15-5-3-14(4-6-15)13-26-21(29)19(20(28)24-22(26)32)12-18-2-1-11-25(18)16-7-9-17(10-8-16)27(30)31/h1-12H,13H2,(H,24,28,32)/b19-12+. The Balaban J connectivity index is 1.64. The first kappa shape index (κ1) is 21.1. The van der Waals surface area contributed by atoms with Crippen molar-refractivity contribution in [2.75, 3.05) is 0 Å². The molecule has 32 heavy (non-hydrogen) atoms. The molecule has 1 aliphatic rings. The molecule has 2 heterocycles. The summed E-state index contributed by atoms with van der Waals surface area (Å²) in [6, 6.07) is 14.9. The molecular weight excluding hydrogens is 435 g/mol. The average Bonchev–Trinajstić information content (AvgIpc) is 3.24. The monoisotopic (exact) mass is 450 g/mol. The van der Waals surface area contributed by atoms with Crippen LogP contribution in [0.3, 0.4) is 0 Å². The van der Waals surface area contributed by atoms with Crippen molar-refractivity contribution in [2.45, 2.75) is 6.54 Å². The van der Waals surface area contributed by atoms with Gasteiger partial charge in [0.05, 0.1) is 11.5 Å². The molecule has 0 bridgehead atoms. The van der Waals surface area contributed by atoms with Gasteiger partial charge in [0.1, 0.15) is 11.4 Å². The minimum absolute atomic E-state index is 0.0350. The van der Waals surface area contributed by atoms with Crippen molar-refractivity contribution >= 4 is 40.9 Å². The molecule has 0 spiro atoms. The zero-order valence-electron chi connectivity index (χ0n) is 16.4. The van der Waals surface area contributed by atoms with E-state index in [1.165, 1.54) is 47.4 Å². The number of nitro groups is 1. The Labute approximate surface area is 186 Å². The third kappa shape index (κ3) is 4.16. The van der Waals surface area contributed by atoms with Crippen LogP contribution in [0.2, 0.25) is 0 Å². The molecule has 10 heteroatoms. The lowest BCUT2D eigenvalue weighted by Gasteiger charge is -2.29. The van der Waals surface area contributed by atoms with Crippen LogP contribution in [0.5, 0.6) is 0 Å². The topological polar surface area (TPSA) is 97.5 Å². The molecule has 1 aliphatic heterocycles. The summed E-state index contributed by atoms with van der Waals surface area (Å²) in [6.07, 6.45) is 3.14. The number of hydrogen-bond acceptors (Lipinski definition) is 5. The van der Waals surface area contributed by atoms with Gasteiger partial charge in [-0.05, 0) is 60.3 Å². The average molecular weight is 450 g/mol. The number of nitrogens with zero attached hydrogens (tertiary/aromatic N) is 3. The van der Waals surface area contributed by atoms with Crippen LogP contribution in [0.15, 0.2) is 72.4 Å². The number of thiocarbonyl (C=S) groups is 1. The number of non-ortho nitro benzene ring substituents is 1. The van der Waals surface area contributed by atoms with Crippen LogP contribution in [0, 0.1) is 15.9 Å². The summed E-state index contributed by atoms with van der Waals surface area (Å²) in [5.74, 6) is -1.62. The number of nitrogens with one attached hydrogen (secondary N) is 1. The smallest absolute Gasteiger partial charge is 0.269 e. The second-order valence-electron chi connectivity index (χ2n) is 6.91. The first-order valence-corrected chi connectivity index (χ1v) is 9.80. The molecule has 1 fully saturated rings. The van der Waals surface area contributed by atoms with Crippen molar-refractivity contribution in [3.8, 4) is 5.69 Å². The third-order valence-corrected chi connectivity index (χ3v) is 5.17. The van der Waals surface area contributed by atoms with Gasteiger partial charge in [-0.2, -0.15) is 0 Å². The number of halogens is 1. The second-order valence-corrected chi connectivity index (χ2v) is 7.30. The van der Waals surface area contributed by atoms with E-state index in [9.17, 15) is 24.1 Å². The molecule has 4 rings (SSSR count). The fourth-order valence-electron chi connectivity index (χ4n) is 3.24. The molecular formula is C22H15FN4O4S. The molecule has 1 N–H and O–H groups in total. The van der Waals surface area contributed by atoms with Crippen LogP contribution in [0.4, 0.5) is 10.1 Å². The number of rotatable bonds is 5. The first-order valence-electron chi connectivity index (χ1n) is 9.39. The summed E-state index contributed by atoms with van der Waals surface area (Å²) in [5.41, 5.74) is 1.61. The van der Waals surface area contributed by atoms with Gasteiger partial charge in [0.2, 0.25) is 0 Å². The lowest BCUT2D eigenvalue weighted by Crippen LogP contribution is -2.53. The first-order chi connectivity index (χ1) is 15.3. The molecule has 2 amide bonds. The molecule has 160 valence electrons. The predicted octanol–water partition coefficient (Wildman–Crippen LogP) is 3.35. The van der Waals surface area contributed by atoms with Crippen LogP contribution in [-0.4, -0.2) is 31.3 Å². The molecule has 0 aliphatic carbocycles. The van der Waals surface area contributed by atoms with Crippen molar-refractivity contribution in [2.24, 2.45) is 0 Å². The molecule has 1 saturated heterocycles. The highest BCUT2D eigenvalue weighted by Gasteiger charge is 2.33. The van der Waals surface area contributed by atoms with E-state index in [4.69, 9.17) is 12.2 Å². The Kier molecular flexibility index (Phi) is 5.61. The lowest BCUT2D eigenvalue weighted by atomic mass is 10.1. The minimum Gasteiger partial charge on any atom is -0.317 e. The van der Waals surface area contributed by atoms with E-state index in [0.29, 0.717) is 16.9 Å². The fraction of sp³-hybridized carbons (Fsp3) is 0.0455. The quantitative estimate of drug-likeness (QED) is 0.211. The summed E-state index contributed by atoms with van der Waals surface area (Å²) in [6.45, 7) is 0.0684. The van der Waals surface area contributed by atoms with Crippen molar-refractivity contribution in [1.82, 2.24) is 14.8 Å². The normalized spacial score (nSPS) is 15.2. The molecule has 3 aromatic rings. The summed E-state index contributed by atoms with van der Waals surface area (Å²) in [4.78, 5) is 37.2. The Morgan fingerprint density at radius 2 is 1.75 bits per heavy atom. The van der Waals surface area contributed by atoms with Gasteiger partial charge < -0.3 is 4.57 Å². The van der Waals surface area contributed by atoms with Crippen LogP contribution < -0.4 is 5.32 Å². The van der Waals surface area contributed by atoms with Gasteiger partial charge in [-0.25, -0.2) is 4.39 Å². The number of aromatic nitrogens is 1. The molecule has 0 radical (unpaired) electrons. The maximum atomic E-state index is 13.2. The van der Waals surface area contributed by atoms with E-state index >= 15 is 0 Å². The maximum absolute atomic E-state index is 13.2. The van der Waals surface area contributed by atoms with Gasteiger partial charge in [0.15, 0.2) is 5.11 Å². The van der Waals surface area contributed by atoms with E-state index < -0.39 is 22.6 Å². The Morgan fingerprint density at radius 3 is 2.41 bits per heavy atom. The lowest BCUT2D eigenvalue weighted by molar-refractivity contribution is -0.384. The van der Waals surface area contributed by atoms with Gasteiger partial charge in [0.25, 0.3) is 17.5 Å². The third-order valence-electron chi connectivity index (χ3n) is 4.85. The van der Waals surface area contributed by atoms with E-state index in [1.807, 2.05) is 0 Å². The van der Waals surface area contributed by atoms with E-state index in [1.54, 1.807) is 35.0 Å². The summed E-state index contributed by atoms with van der Waals surface area (Å²) >= 11 is 5.15. The van der Waals surface area contributed by atoms with E-state index in [0.717, 1.165) is 0 Å². The van der Waals surface area contributed by atoms with Gasteiger partial charge >= 0.3 is 0 Å². The molecule has 0 atom stereocenters. The highest BCUT2D eigenvalue weighted by molar-refractivity contribution is 7.80. The number of nitro benzene ring substituents is 1. The minimum atomic E-state index is -0.633. The van der Waals surface area contributed by atoms with Crippen molar-refractivity contribution in [3.63, 3.8) is 0 Å². The van der Waals surface area contributed by atoms with Crippen LogP contribution in [0.25, 0.3) is 11.8 Å². The van der Waals surface area contributed by atoms with Crippen molar-refractivity contribution in [1.29, 1.82) is 0 Å². The summed E-state index contributed by atoms with van der Waals surface area (Å²) in [7, 11) is 0. The van der Waals surface area contributed by atoms with Gasteiger partial charge in [-0.3, -0.25) is 29.9 Å². The zero-order chi connectivity index (χ0) is 22.8. The van der Waals surface area contributed by atoms with Gasteiger partial charge in [-0.15, -0.1) is 0 Å². The van der Waals surface area contributed by atoms with Crippen LogP contribution in [0.1, 0.15) is 11.3 Å². The summed E-state index contributed by atoms with van der Waals surface area (Å²) < 4.78 is 14.9. The molecule has 2 aromatic carbocycles. The molecule has 0 saturated carbocycles. The number of hydrogen-bond donors (Lipinski definition) is 1. The van der Waals surface area contributed by atoms with Gasteiger partial charge in [0, 0.05) is 29.7 Å². The summed E-state index contributed by atoms with van der Waals surface area (Å²) in [5, 5.41) is 13.3. The largest absolute Gasteiger partial charge is 0.317 e. The molecule has 0 unspecified atom stereocenters. The Morgan fingerprint density at radius 1 is 1.06 bits per heavy atom. The maximum Gasteiger partial charge on any atom is 0.269 e. The number of carbonyl (C=O) groups is 2. The van der Waals surface area contributed by atoms with Crippen LogP contribution in [-0.2, 0) is 16.1 Å². The zero-order valence-corrected chi connectivity index (χ0v) is 17.2. The Bertz CT molecular complexity index is 1270. The highest BCUT2D eigenvalue weighted by atomic mass is 32.1. The molecule has 1 aromatic heterocycles. The second kappa shape index (κ2) is 8.52. The number of amides is 2.